The number of hydrogen-bond acceptors (Lipinski definition) is 4. The van der Waals surface area contributed by atoms with Gasteiger partial charge in [0.25, 0.3) is 5.56 Å². The van der Waals surface area contributed by atoms with E-state index in [9.17, 15) is 19.5 Å². The Morgan fingerprint density at radius 2 is 2.08 bits per heavy atom. The maximum Gasteiger partial charge on any atom is 0.308 e. The zero-order chi connectivity index (χ0) is 18.3. The summed E-state index contributed by atoms with van der Waals surface area (Å²) in [6.07, 6.45) is 1.42. The number of aliphatic carboxylic acids is 1. The highest BCUT2D eigenvalue weighted by Crippen LogP contribution is 2.22. The standard InChI is InChI=1S/C17H22N4O4/c1-9-12(10(2)18-15-14(9)16(23)19-20(15)3)7-13(22)21-6-4-5-11(8-21)17(24)25/h11H,4-8H2,1-3H3,(H,19,23)(H,24,25). The highest BCUT2D eigenvalue weighted by molar-refractivity contribution is 5.85. The van der Waals surface area contributed by atoms with Gasteiger partial charge in [0, 0.05) is 25.8 Å². The third-order valence-electron chi connectivity index (χ3n) is 5.03. The molecule has 0 spiro atoms. The summed E-state index contributed by atoms with van der Waals surface area (Å²) in [7, 11) is 1.72. The lowest BCUT2D eigenvalue weighted by molar-refractivity contribution is -0.145. The summed E-state index contributed by atoms with van der Waals surface area (Å²) >= 11 is 0. The van der Waals surface area contributed by atoms with Crippen LogP contribution in [0.1, 0.15) is 29.7 Å². The molecule has 1 saturated heterocycles. The molecule has 2 aromatic rings. The number of carboxylic acid groups (broad SMARTS) is 1. The van der Waals surface area contributed by atoms with E-state index in [4.69, 9.17) is 0 Å². The second-order valence-corrected chi connectivity index (χ2v) is 6.69. The van der Waals surface area contributed by atoms with Gasteiger partial charge in [0.1, 0.15) is 0 Å². The topological polar surface area (TPSA) is 108 Å². The molecule has 0 bridgehead atoms. The first-order valence-electron chi connectivity index (χ1n) is 8.35. The predicted octanol–water partition coefficient (Wildman–Crippen LogP) is 0.744. The molecule has 3 heterocycles. The van der Waals surface area contributed by atoms with E-state index < -0.39 is 11.9 Å². The fourth-order valence-electron chi connectivity index (χ4n) is 3.58. The van der Waals surface area contributed by atoms with Crippen LogP contribution in [-0.4, -0.2) is 49.7 Å². The lowest BCUT2D eigenvalue weighted by Crippen LogP contribution is -2.43. The molecule has 0 saturated carbocycles. The number of nitrogens with one attached hydrogen (secondary N) is 1. The fraction of sp³-hybridized carbons (Fsp3) is 0.529. The summed E-state index contributed by atoms with van der Waals surface area (Å²) in [5.41, 5.74) is 2.55. The van der Waals surface area contributed by atoms with E-state index in [1.807, 2.05) is 13.8 Å². The van der Waals surface area contributed by atoms with Crippen LogP contribution < -0.4 is 5.56 Å². The average molecular weight is 346 g/mol. The molecule has 2 N–H and O–H groups in total. The second kappa shape index (κ2) is 6.34. The molecule has 1 atom stereocenters. The molecule has 1 fully saturated rings. The van der Waals surface area contributed by atoms with Crippen molar-refractivity contribution >= 4 is 22.9 Å². The first kappa shape index (κ1) is 17.2. The summed E-state index contributed by atoms with van der Waals surface area (Å²) < 4.78 is 1.57. The number of carboxylic acids is 1. The van der Waals surface area contributed by atoms with Crippen molar-refractivity contribution in [3.63, 3.8) is 0 Å². The monoisotopic (exact) mass is 346 g/mol. The Hall–Kier alpha value is -2.64. The number of pyridine rings is 1. The molecule has 1 unspecified atom stereocenters. The quantitative estimate of drug-likeness (QED) is 0.852. The van der Waals surface area contributed by atoms with Gasteiger partial charge in [-0.1, -0.05) is 0 Å². The minimum Gasteiger partial charge on any atom is -0.481 e. The smallest absolute Gasteiger partial charge is 0.308 e. The maximum atomic E-state index is 12.7. The van der Waals surface area contributed by atoms with Crippen LogP contribution in [0.3, 0.4) is 0 Å². The third-order valence-corrected chi connectivity index (χ3v) is 5.03. The maximum absolute atomic E-state index is 12.7. The molecule has 8 heteroatoms. The Labute approximate surface area is 144 Å². The molecule has 0 radical (unpaired) electrons. The molecule has 25 heavy (non-hydrogen) atoms. The van der Waals surface area contributed by atoms with Crippen molar-refractivity contribution in [2.45, 2.75) is 33.1 Å². The van der Waals surface area contributed by atoms with Crippen molar-refractivity contribution in [3.8, 4) is 0 Å². The van der Waals surface area contributed by atoms with Crippen molar-refractivity contribution < 1.29 is 14.7 Å². The van der Waals surface area contributed by atoms with Crippen LogP contribution in [0.4, 0.5) is 0 Å². The normalized spacial score (nSPS) is 17.9. The van der Waals surface area contributed by atoms with Crippen molar-refractivity contribution in [2.24, 2.45) is 13.0 Å². The third kappa shape index (κ3) is 3.04. The number of hydrogen-bond donors (Lipinski definition) is 2. The summed E-state index contributed by atoms with van der Waals surface area (Å²) in [6, 6.07) is 0. The van der Waals surface area contributed by atoms with Crippen molar-refractivity contribution in [1.82, 2.24) is 19.7 Å². The SMILES string of the molecule is Cc1nc2c(c(C)c1CC(=O)N1CCCC(C(=O)O)C1)c(=O)[nH]n2C. The van der Waals surface area contributed by atoms with Crippen LogP contribution >= 0.6 is 0 Å². The summed E-state index contributed by atoms with van der Waals surface area (Å²) in [6.45, 7) is 4.46. The van der Waals surface area contributed by atoms with Gasteiger partial charge >= 0.3 is 5.97 Å². The first-order chi connectivity index (χ1) is 11.8. The predicted molar refractivity (Wildman–Crippen MR) is 91.5 cm³/mol. The first-order valence-corrected chi connectivity index (χ1v) is 8.35. The second-order valence-electron chi connectivity index (χ2n) is 6.69. The number of aromatic nitrogens is 3. The molecular weight excluding hydrogens is 324 g/mol. The number of fused-ring (bicyclic) bond motifs is 1. The summed E-state index contributed by atoms with van der Waals surface area (Å²) in [5.74, 6) is -1.48. The largest absolute Gasteiger partial charge is 0.481 e. The van der Waals surface area contributed by atoms with E-state index in [1.165, 1.54) is 0 Å². The van der Waals surface area contributed by atoms with E-state index in [0.29, 0.717) is 36.1 Å². The molecule has 2 aromatic heterocycles. The molecule has 8 nitrogen and oxygen atoms in total. The minimum atomic E-state index is -0.858. The number of likely N-dealkylation sites (tertiary alicyclic amines) is 1. The zero-order valence-corrected chi connectivity index (χ0v) is 14.6. The van der Waals surface area contributed by atoms with Gasteiger partial charge < -0.3 is 10.0 Å². The number of nitrogens with zero attached hydrogens (tertiary/aromatic N) is 3. The number of piperidine rings is 1. The van der Waals surface area contributed by atoms with Crippen LogP contribution in [0.15, 0.2) is 4.79 Å². The number of aryl methyl sites for hydroxylation is 3. The summed E-state index contributed by atoms with van der Waals surface area (Å²) in [4.78, 5) is 42.1. The van der Waals surface area contributed by atoms with Gasteiger partial charge in [0.15, 0.2) is 5.65 Å². The van der Waals surface area contributed by atoms with Crippen molar-refractivity contribution in [2.75, 3.05) is 13.1 Å². The number of carbonyl (C=O) groups excluding carboxylic acids is 1. The zero-order valence-electron chi connectivity index (χ0n) is 14.6. The van der Waals surface area contributed by atoms with Crippen LogP contribution in [0.25, 0.3) is 11.0 Å². The van der Waals surface area contributed by atoms with Crippen molar-refractivity contribution in [3.05, 3.63) is 27.2 Å². The Bertz CT molecular complexity index is 911. The lowest BCUT2D eigenvalue weighted by Gasteiger charge is -2.31. The van der Waals surface area contributed by atoms with Gasteiger partial charge in [0.05, 0.1) is 17.7 Å². The molecule has 1 amide bonds. The Morgan fingerprint density at radius 3 is 2.76 bits per heavy atom. The lowest BCUT2D eigenvalue weighted by atomic mass is 9.96. The van der Waals surface area contributed by atoms with E-state index >= 15 is 0 Å². The highest BCUT2D eigenvalue weighted by Gasteiger charge is 2.29. The van der Waals surface area contributed by atoms with Gasteiger partial charge in [-0.25, -0.2) is 4.98 Å². The molecule has 0 aliphatic carbocycles. The van der Waals surface area contributed by atoms with E-state index in [-0.39, 0.29) is 24.4 Å². The Kier molecular flexibility index (Phi) is 4.36. The number of aromatic amines is 1. The molecule has 3 rings (SSSR count). The molecule has 0 aromatic carbocycles. The minimum absolute atomic E-state index is 0.120. The van der Waals surface area contributed by atoms with Gasteiger partial charge in [-0.05, 0) is 37.8 Å². The van der Waals surface area contributed by atoms with Gasteiger partial charge in [-0.2, -0.15) is 0 Å². The van der Waals surface area contributed by atoms with Crippen LogP contribution in [0, 0.1) is 19.8 Å². The van der Waals surface area contributed by atoms with Crippen LogP contribution in [-0.2, 0) is 23.1 Å². The Balaban J connectivity index is 1.90. The Morgan fingerprint density at radius 1 is 1.36 bits per heavy atom. The molecule has 1 aliphatic rings. The molecular formula is C17H22N4O4. The number of carbonyl (C=O) groups is 2. The van der Waals surface area contributed by atoms with Gasteiger partial charge in [-0.15, -0.1) is 0 Å². The number of rotatable bonds is 3. The number of amides is 1. The average Bonchev–Trinajstić information content (AvgIpc) is 2.85. The van der Waals surface area contributed by atoms with E-state index in [0.717, 1.165) is 11.1 Å². The van der Waals surface area contributed by atoms with Crippen LogP contribution in [0.2, 0.25) is 0 Å². The summed E-state index contributed by atoms with van der Waals surface area (Å²) in [5, 5.41) is 12.4. The molecule has 1 aliphatic heterocycles. The number of H-pyrrole nitrogens is 1. The van der Waals surface area contributed by atoms with Crippen LogP contribution in [0.5, 0.6) is 0 Å². The highest BCUT2D eigenvalue weighted by atomic mass is 16.4. The van der Waals surface area contributed by atoms with Gasteiger partial charge in [-0.3, -0.25) is 24.2 Å². The van der Waals surface area contributed by atoms with Gasteiger partial charge in [0.2, 0.25) is 5.91 Å². The van der Waals surface area contributed by atoms with Crippen molar-refractivity contribution in [1.29, 1.82) is 0 Å². The molecule has 134 valence electrons. The van der Waals surface area contributed by atoms with E-state index in [2.05, 4.69) is 10.1 Å². The fourth-order valence-corrected chi connectivity index (χ4v) is 3.58. The van der Waals surface area contributed by atoms with E-state index in [1.54, 1.807) is 16.6 Å².